The molecule has 2 bridgehead atoms. The smallest absolute Gasteiger partial charge is 0.292 e. The average molecular weight is 585 g/mol. The topological polar surface area (TPSA) is 64.6 Å². The molecule has 2 aliphatic heterocycles. The van der Waals surface area contributed by atoms with Crippen LogP contribution in [0.4, 0.5) is 5.69 Å². The first-order valence-corrected chi connectivity index (χ1v) is 16.4. The van der Waals surface area contributed by atoms with Gasteiger partial charge in [0.2, 0.25) is 0 Å². The van der Waals surface area contributed by atoms with Gasteiger partial charge in [-0.05, 0) is 86.8 Å². The van der Waals surface area contributed by atoms with Crippen molar-refractivity contribution < 1.29 is 14.1 Å². The number of aryl methyl sites for hydroxylation is 1. The van der Waals surface area contributed by atoms with E-state index in [2.05, 4.69) is 48.6 Å². The van der Waals surface area contributed by atoms with Gasteiger partial charge < -0.3 is 14.2 Å². The van der Waals surface area contributed by atoms with Gasteiger partial charge in [-0.3, -0.25) is 4.79 Å². The fourth-order valence-electron chi connectivity index (χ4n) is 5.91. The fraction of sp³-hybridized carbons (Fsp3) is 0.545. The van der Waals surface area contributed by atoms with E-state index in [0.717, 1.165) is 74.5 Å². The van der Waals surface area contributed by atoms with E-state index >= 15 is 0 Å². The summed E-state index contributed by atoms with van der Waals surface area (Å²) in [4.78, 5) is 15.7. The second-order valence-electron chi connectivity index (χ2n) is 12.2. The second kappa shape index (κ2) is 14.2. The molecule has 1 N–H and O–H groups in total. The van der Waals surface area contributed by atoms with Gasteiger partial charge in [-0.1, -0.05) is 63.6 Å². The Balaban J connectivity index is 1.57. The number of rotatable bonds is 5. The molecule has 2 aromatic carbocycles. The largest absolute Gasteiger partial charge is 0.593 e. The van der Waals surface area contributed by atoms with Crippen molar-refractivity contribution in [2.24, 2.45) is 17.3 Å². The Hall–Kier alpha value is -2.15. The fourth-order valence-corrected chi connectivity index (χ4v) is 7.41. The number of allylic oxidation sites excluding steroid dienone is 2. The number of carbonyl (C=O) groups excluding carboxylic acids is 1. The summed E-state index contributed by atoms with van der Waals surface area (Å²) in [5.74, 6) is 1.27. The third-order valence-corrected chi connectivity index (χ3v) is 10.4. The number of nitrogens with one attached hydrogen (secondary N) is 1. The van der Waals surface area contributed by atoms with Crippen molar-refractivity contribution in [3.8, 4) is 5.75 Å². The zero-order chi connectivity index (χ0) is 28.7. The van der Waals surface area contributed by atoms with Gasteiger partial charge in [-0.15, -0.1) is 0 Å². The van der Waals surface area contributed by atoms with Crippen LogP contribution in [0.5, 0.6) is 5.75 Å². The lowest BCUT2D eigenvalue weighted by atomic mass is 9.84. The van der Waals surface area contributed by atoms with Gasteiger partial charge in [0.25, 0.3) is 5.91 Å². The Labute approximate surface area is 249 Å². The molecule has 218 valence electrons. The van der Waals surface area contributed by atoms with Gasteiger partial charge in [0, 0.05) is 35.0 Å². The summed E-state index contributed by atoms with van der Waals surface area (Å²) in [7, 11) is 0. The number of hydrogen-bond donors (Lipinski definition) is 1. The van der Waals surface area contributed by atoms with Gasteiger partial charge in [0.1, 0.15) is 11.0 Å². The minimum absolute atomic E-state index is 0.0457. The first-order valence-electron chi connectivity index (χ1n) is 14.8. The van der Waals surface area contributed by atoms with E-state index in [0.29, 0.717) is 18.1 Å². The monoisotopic (exact) mass is 584 g/mol. The highest BCUT2D eigenvalue weighted by Crippen LogP contribution is 2.39. The third-order valence-electron chi connectivity index (χ3n) is 8.46. The highest BCUT2D eigenvalue weighted by Gasteiger charge is 2.34. The van der Waals surface area contributed by atoms with Crippen molar-refractivity contribution in [2.45, 2.75) is 77.9 Å². The van der Waals surface area contributed by atoms with Crippen LogP contribution in [0.15, 0.2) is 54.6 Å². The lowest BCUT2D eigenvalue weighted by molar-refractivity contribution is 0.0980. The van der Waals surface area contributed by atoms with Crippen LogP contribution in [-0.4, -0.2) is 35.4 Å². The summed E-state index contributed by atoms with van der Waals surface area (Å²) < 4.78 is 22.4. The zero-order valence-corrected chi connectivity index (χ0v) is 26.0. The van der Waals surface area contributed by atoms with Gasteiger partial charge >= 0.3 is 0 Å². The predicted octanol–water partition coefficient (Wildman–Crippen LogP) is 7.75. The Bertz CT molecular complexity index is 1170. The summed E-state index contributed by atoms with van der Waals surface area (Å²) in [5.41, 5.74) is 2.68. The Kier molecular flexibility index (Phi) is 10.9. The van der Waals surface area contributed by atoms with Crippen LogP contribution in [0, 0.1) is 17.3 Å². The number of ether oxygens (including phenoxy) is 1. The zero-order valence-electron chi connectivity index (χ0n) is 24.5. The molecule has 0 radical (unpaired) electrons. The SMILES string of the molecule is CCC1C(C)C/C=C/CC(C)CCN2CC(C)(CCCc3cccc(Cl)c3)COc3ccc(cc32)C(=O)N[S+]1[O-]. The molecular formula is C33H45ClN2O3S. The number of halogens is 1. The van der Waals surface area contributed by atoms with E-state index in [4.69, 9.17) is 16.3 Å². The number of benzene rings is 2. The van der Waals surface area contributed by atoms with Crippen LogP contribution < -0.4 is 14.4 Å². The molecule has 0 spiro atoms. The van der Waals surface area contributed by atoms with Crippen LogP contribution in [0.25, 0.3) is 0 Å². The molecule has 2 aromatic rings. The minimum Gasteiger partial charge on any atom is -0.593 e. The first kappa shape index (κ1) is 30.8. The standard InChI is InChI=1S/C33H45ClN2O3S/c1-5-31-25(3)11-7-6-10-24(2)17-19-36-22-33(4,18-9-13-26-12-8-14-28(34)20-26)23-39-30-16-15-27(21-29(30)36)32(37)35-40(31)38/h6-8,12,14-16,20-21,24-25,31H,5,9-11,13,17-19,22-23H2,1-4H3,(H,35,37)/b7-6+. The molecule has 0 aliphatic carbocycles. The van der Waals surface area contributed by atoms with Crippen molar-refractivity contribution in [2.75, 3.05) is 24.6 Å². The summed E-state index contributed by atoms with van der Waals surface area (Å²) >= 11 is 4.75. The van der Waals surface area contributed by atoms with E-state index in [1.807, 2.05) is 37.3 Å². The predicted molar refractivity (Wildman–Crippen MR) is 168 cm³/mol. The third kappa shape index (κ3) is 8.20. The molecule has 2 aliphatic rings. The van der Waals surface area contributed by atoms with Crippen LogP contribution in [0.1, 0.15) is 82.1 Å². The molecule has 5 unspecified atom stereocenters. The molecule has 5 atom stereocenters. The van der Waals surface area contributed by atoms with E-state index in [-0.39, 0.29) is 22.5 Å². The molecule has 0 saturated heterocycles. The van der Waals surface area contributed by atoms with Crippen LogP contribution in [0.2, 0.25) is 5.02 Å². The van der Waals surface area contributed by atoms with E-state index in [1.165, 1.54) is 5.56 Å². The van der Waals surface area contributed by atoms with Crippen molar-refractivity contribution >= 4 is 34.6 Å². The van der Waals surface area contributed by atoms with Crippen molar-refractivity contribution in [3.05, 3.63) is 70.8 Å². The summed E-state index contributed by atoms with van der Waals surface area (Å²) in [5, 5.41) is 0.689. The minimum atomic E-state index is -1.45. The van der Waals surface area contributed by atoms with Crippen LogP contribution in [0.3, 0.4) is 0 Å². The van der Waals surface area contributed by atoms with Crippen molar-refractivity contribution in [1.29, 1.82) is 0 Å². The molecule has 0 aromatic heterocycles. The quantitative estimate of drug-likeness (QED) is 0.288. The van der Waals surface area contributed by atoms with Crippen molar-refractivity contribution in [1.82, 2.24) is 4.72 Å². The lowest BCUT2D eigenvalue weighted by Gasteiger charge is -2.34. The first-order chi connectivity index (χ1) is 19.2. The number of carbonyl (C=O) groups is 1. The maximum absolute atomic E-state index is 13.3. The number of amides is 1. The van der Waals surface area contributed by atoms with Crippen LogP contribution >= 0.6 is 11.6 Å². The maximum Gasteiger partial charge on any atom is 0.292 e. The molecule has 40 heavy (non-hydrogen) atoms. The second-order valence-corrected chi connectivity index (χ2v) is 14.0. The van der Waals surface area contributed by atoms with E-state index in [1.54, 1.807) is 6.07 Å². The highest BCUT2D eigenvalue weighted by molar-refractivity contribution is 7.90. The molecule has 7 heteroatoms. The molecular weight excluding hydrogens is 540 g/mol. The maximum atomic E-state index is 13.3. The number of anilines is 1. The highest BCUT2D eigenvalue weighted by atomic mass is 35.5. The Morgan fingerprint density at radius 3 is 2.75 bits per heavy atom. The van der Waals surface area contributed by atoms with Crippen molar-refractivity contribution in [3.63, 3.8) is 0 Å². The number of hydrogen-bond acceptors (Lipinski definition) is 4. The Morgan fingerprint density at radius 2 is 1.98 bits per heavy atom. The molecule has 1 amide bonds. The normalized spacial score (nSPS) is 28.8. The van der Waals surface area contributed by atoms with Crippen LogP contribution in [-0.2, 0) is 17.8 Å². The molecule has 5 nitrogen and oxygen atoms in total. The summed E-state index contributed by atoms with van der Waals surface area (Å²) in [6, 6.07) is 13.7. The van der Waals surface area contributed by atoms with Gasteiger partial charge in [-0.2, -0.15) is 4.72 Å². The molecule has 0 saturated carbocycles. The Morgan fingerprint density at radius 1 is 1.18 bits per heavy atom. The molecule has 2 heterocycles. The molecule has 4 rings (SSSR count). The number of nitrogens with zero attached hydrogens (tertiary/aromatic N) is 1. The number of fused-ring (bicyclic) bond motifs is 1. The summed E-state index contributed by atoms with van der Waals surface area (Å²) in [6.45, 7) is 11.1. The van der Waals surface area contributed by atoms with E-state index < -0.39 is 11.4 Å². The lowest BCUT2D eigenvalue weighted by Crippen LogP contribution is -2.41. The van der Waals surface area contributed by atoms with Gasteiger partial charge in [0.15, 0.2) is 0 Å². The average Bonchev–Trinajstić information content (AvgIpc) is 3.06. The van der Waals surface area contributed by atoms with Gasteiger partial charge in [0.05, 0.1) is 23.7 Å². The van der Waals surface area contributed by atoms with E-state index in [9.17, 15) is 9.35 Å². The summed E-state index contributed by atoms with van der Waals surface area (Å²) in [6.07, 6.45) is 11.2. The van der Waals surface area contributed by atoms with Gasteiger partial charge in [-0.25, -0.2) is 0 Å². The molecule has 0 fully saturated rings.